The molecule has 11 heteroatoms. The number of rotatable bonds is 7. The van der Waals surface area contributed by atoms with Crippen molar-refractivity contribution in [3.63, 3.8) is 0 Å². The van der Waals surface area contributed by atoms with Crippen LogP contribution < -0.4 is 14.8 Å². The molecule has 2 N–H and O–H groups in total. The molecule has 1 amide bonds. The molecule has 0 unspecified atom stereocenters. The molecule has 1 fully saturated rings. The molecule has 33 heavy (non-hydrogen) atoms. The van der Waals surface area contributed by atoms with Crippen LogP contribution in [0.2, 0.25) is 5.02 Å². The van der Waals surface area contributed by atoms with Gasteiger partial charge in [-0.2, -0.15) is 13.2 Å². The summed E-state index contributed by atoms with van der Waals surface area (Å²) in [6.45, 7) is -0.273. The second-order valence-electron chi connectivity index (χ2n) is 7.82. The van der Waals surface area contributed by atoms with Gasteiger partial charge in [-0.05, 0) is 49.2 Å². The van der Waals surface area contributed by atoms with Gasteiger partial charge in [0.1, 0.15) is 5.75 Å². The van der Waals surface area contributed by atoms with Crippen LogP contribution in [-0.4, -0.2) is 27.0 Å². The van der Waals surface area contributed by atoms with Crippen molar-refractivity contribution in [2.45, 2.75) is 55.6 Å². The number of hydrogen-bond donors (Lipinski definition) is 2. The molecule has 1 saturated carbocycles. The van der Waals surface area contributed by atoms with E-state index in [-0.39, 0.29) is 39.9 Å². The maximum absolute atomic E-state index is 12.9. The zero-order chi connectivity index (χ0) is 24.1. The summed E-state index contributed by atoms with van der Waals surface area (Å²) >= 11 is 6.12. The van der Waals surface area contributed by atoms with Gasteiger partial charge in [-0.25, -0.2) is 8.42 Å². The van der Waals surface area contributed by atoms with Crippen LogP contribution >= 0.6 is 11.6 Å². The lowest BCUT2D eigenvalue weighted by Crippen LogP contribution is -2.37. The first-order valence-electron chi connectivity index (χ1n) is 10.5. The Labute approximate surface area is 195 Å². The maximum atomic E-state index is 12.9. The SMILES string of the molecule is O=C(COc1ccc(S(=O)(=O)Nc2cccc(C(F)(F)F)c2)cc1Cl)NC1CCCCCC1. The average Bonchev–Trinajstić information content (AvgIpc) is 3.00. The summed E-state index contributed by atoms with van der Waals surface area (Å²) in [5.74, 6) is -0.174. The van der Waals surface area contributed by atoms with Crippen LogP contribution in [-0.2, 0) is 21.0 Å². The molecular formula is C22H24ClF3N2O4S. The Morgan fingerprint density at radius 3 is 2.39 bits per heavy atom. The second-order valence-corrected chi connectivity index (χ2v) is 9.91. The van der Waals surface area contributed by atoms with Crippen LogP contribution in [0, 0.1) is 0 Å². The Morgan fingerprint density at radius 2 is 1.76 bits per heavy atom. The zero-order valence-corrected chi connectivity index (χ0v) is 19.2. The third-order valence-electron chi connectivity index (χ3n) is 5.23. The number of benzene rings is 2. The van der Waals surface area contributed by atoms with E-state index in [9.17, 15) is 26.4 Å². The summed E-state index contributed by atoms with van der Waals surface area (Å²) < 4.78 is 71.3. The number of amides is 1. The number of carbonyl (C=O) groups excluding carboxylic acids is 1. The van der Waals surface area contributed by atoms with Crippen molar-refractivity contribution in [1.29, 1.82) is 0 Å². The number of sulfonamides is 1. The van der Waals surface area contributed by atoms with E-state index in [1.807, 2.05) is 0 Å². The molecule has 3 rings (SSSR count). The van der Waals surface area contributed by atoms with Crippen LogP contribution in [0.3, 0.4) is 0 Å². The molecule has 180 valence electrons. The van der Waals surface area contributed by atoms with Crippen molar-refractivity contribution in [3.05, 3.63) is 53.1 Å². The fourth-order valence-electron chi connectivity index (χ4n) is 3.58. The molecule has 0 bridgehead atoms. The highest BCUT2D eigenvalue weighted by atomic mass is 35.5. The quantitative estimate of drug-likeness (QED) is 0.496. The first-order chi connectivity index (χ1) is 15.5. The monoisotopic (exact) mass is 504 g/mol. The van der Waals surface area contributed by atoms with Crippen molar-refractivity contribution in [3.8, 4) is 5.75 Å². The van der Waals surface area contributed by atoms with Crippen LogP contribution in [0.15, 0.2) is 47.4 Å². The Kier molecular flexibility index (Phi) is 8.12. The highest BCUT2D eigenvalue weighted by molar-refractivity contribution is 7.92. The van der Waals surface area contributed by atoms with Crippen LogP contribution in [0.25, 0.3) is 0 Å². The molecule has 0 saturated heterocycles. The van der Waals surface area contributed by atoms with Crippen molar-refractivity contribution in [1.82, 2.24) is 5.32 Å². The van der Waals surface area contributed by atoms with Gasteiger partial charge in [-0.15, -0.1) is 0 Å². The van der Waals surface area contributed by atoms with Gasteiger partial charge < -0.3 is 10.1 Å². The third-order valence-corrected chi connectivity index (χ3v) is 6.91. The summed E-state index contributed by atoms with van der Waals surface area (Å²) in [5, 5.41) is 2.88. The highest BCUT2D eigenvalue weighted by Crippen LogP contribution is 2.32. The molecule has 6 nitrogen and oxygen atoms in total. The molecule has 0 aromatic heterocycles. The first-order valence-corrected chi connectivity index (χ1v) is 12.3. The fourth-order valence-corrected chi connectivity index (χ4v) is 4.95. The van der Waals surface area contributed by atoms with Gasteiger partial charge in [0.2, 0.25) is 0 Å². The number of hydrogen-bond acceptors (Lipinski definition) is 4. The lowest BCUT2D eigenvalue weighted by Gasteiger charge is -2.17. The van der Waals surface area contributed by atoms with Gasteiger partial charge in [0.25, 0.3) is 15.9 Å². The Bertz CT molecular complexity index is 1090. The standard InChI is InChI=1S/C22H24ClF3N2O4S/c23-19-13-18(33(30,31)28-17-9-5-6-15(12-17)22(24,25)26)10-11-20(19)32-14-21(29)27-16-7-3-1-2-4-8-16/h5-6,9-13,16,28H,1-4,7-8,14H2,(H,27,29). The predicted molar refractivity (Wildman–Crippen MR) is 119 cm³/mol. The third kappa shape index (κ3) is 7.26. The minimum atomic E-state index is -4.60. The number of carbonyl (C=O) groups is 1. The van der Waals surface area contributed by atoms with E-state index in [1.54, 1.807) is 0 Å². The number of alkyl halides is 3. The van der Waals surface area contributed by atoms with E-state index in [0.29, 0.717) is 6.07 Å². The van der Waals surface area contributed by atoms with Crippen molar-refractivity contribution >= 4 is 33.2 Å². The first kappa shape index (κ1) is 25.2. The number of nitrogens with one attached hydrogen (secondary N) is 2. The Morgan fingerprint density at radius 1 is 1.06 bits per heavy atom. The normalized spacial score (nSPS) is 15.5. The molecule has 0 spiro atoms. The largest absolute Gasteiger partial charge is 0.482 e. The molecule has 2 aromatic rings. The van der Waals surface area contributed by atoms with Crippen molar-refractivity contribution < 1.29 is 31.1 Å². The summed E-state index contributed by atoms with van der Waals surface area (Å²) in [4.78, 5) is 11.9. The number of anilines is 1. The minimum Gasteiger partial charge on any atom is -0.482 e. The summed E-state index contributed by atoms with van der Waals surface area (Å²) in [7, 11) is -4.21. The van der Waals surface area contributed by atoms with Crippen LogP contribution in [0.4, 0.5) is 18.9 Å². The van der Waals surface area contributed by atoms with Crippen molar-refractivity contribution in [2.75, 3.05) is 11.3 Å². The fraction of sp³-hybridized carbons (Fsp3) is 0.409. The summed E-state index contributed by atoms with van der Waals surface area (Å²) in [6.07, 6.45) is 1.72. The molecule has 1 aliphatic carbocycles. The van der Waals surface area contributed by atoms with Gasteiger partial charge in [0.15, 0.2) is 6.61 Å². The molecule has 2 aromatic carbocycles. The lowest BCUT2D eigenvalue weighted by molar-refractivity contribution is -0.137. The molecule has 0 heterocycles. The molecule has 0 radical (unpaired) electrons. The van der Waals surface area contributed by atoms with E-state index in [1.165, 1.54) is 18.2 Å². The Balaban J connectivity index is 1.62. The highest BCUT2D eigenvalue weighted by Gasteiger charge is 2.30. The number of ether oxygens (including phenoxy) is 1. The topological polar surface area (TPSA) is 84.5 Å². The smallest absolute Gasteiger partial charge is 0.416 e. The van der Waals surface area contributed by atoms with Crippen molar-refractivity contribution in [2.24, 2.45) is 0 Å². The molecule has 1 aliphatic rings. The van der Waals surface area contributed by atoms with E-state index in [0.717, 1.165) is 56.7 Å². The van der Waals surface area contributed by atoms with Gasteiger partial charge in [0.05, 0.1) is 15.5 Å². The van der Waals surface area contributed by atoms with Gasteiger partial charge in [-0.1, -0.05) is 43.4 Å². The van der Waals surface area contributed by atoms with Gasteiger partial charge >= 0.3 is 6.18 Å². The molecule has 0 aliphatic heterocycles. The lowest BCUT2D eigenvalue weighted by atomic mass is 10.1. The van der Waals surface area contributed by atoms with E-state index < -0.39 is 21.8 Å². The molecular weight excluding hydrogens is 481 g/mol. The van der Waals surface area contributed by atoms with E-state index >= 15 is 0 Å². The van der Waals surface area contributed by atoms with Crippen LogP contribution in [0.1, 0.15) is 44.1 Å². The zero-order valence-electron chi connectivity index (χ0n) is 17.6. The molecule has 0 atom stereocenters. The van der Waals surface area contributed by atoms with Gasteiger partial charge in [-0.3, -0.25) is 9.52 Å². The Hall–Kier alpha value is -2.46. The van der Waals surface area contributed by atoms with E-state index in [2.05, 4.69) is 10.0 Å². The van der Waals surface area contributed by atoms with Crippen LogP contribution in [0.5, 0.6) is 5.75 Å². The second kappa shape index (κ2) is 10.6. The summed E-state index contributed by atoms with van der Waals surface area (Å²) in [5.41, 5.74) is -1.22. The maximum Gasteiger partial charge on any atom is 0.416 e. The number of halogens is 4. The van der Waals surface area contributed by atoms with E-state index in [4.69, 9.17) is 16.3 Å². The average molecular weight is 505 g/mol. The summed E-state index contributed by atoms with van der Waals surface area (Å²) in [6, 6.07) is 7.56. The predicted octanol–water partition coefficient (Wildman–Crippen LogP) is 5.38. The van der Waals surface area contributed by atoms with Gasteiger partial charge in [0, 0.05) is 11.7 Å². The minimum absolute atomic E-state index is 0.0517.